The molecule has 5 nitrogen and oxygen atoms in total. The molecule has 1 aliphatic heterocycles. The van der Waals surface area contributed by atoms with Gasteiger partial charge in [-0.1, -0.05) is 35.5 Å². The molecule has 2 aromatic rings. The van der Waals surface area contributed by atoms with E-state index in [2.05, 4.69) is 28.9 Å². The Kier molecular flexibility index (Phi) is 3.54. The highest BCUT2D eigenvalue weighted by Crippen LogP contribution is 2.19. The summed E-state index contributed by atoms with van der Waals surface area (Å²) in [6.45, 7) is 7.38. The fraction of sp³-hybridized carbons (Fsp3) is 0.467. The summed E-state index contributed by atoms with van der Waals surface area (Å²) in [5, 5.41) is 4.04. The van der Waals surface area contributed by atoms with Crippen LogP contribution in [-0.4, -0.2) is 40.3 Å². The van der Waals surface area contributed by atoms with Crippen molar-refractivity contribution < 1.29 is 9.26 Å². The van der Waals surface area contributed by atoms with Gasteiger partial charge in [-0.2, -0.15) is 4.98 Å². The molecule has 0 saturated carbocycles. The predicted molar refractivity (Wildman–Crippen MR) is 75.0 cm³/mol. The van der Waals surface area contributed by atoms with E-state index in [4.69, 9.17) is 9.26 Å². The Morgan fingerprint density at radius 3 is 2.80 bits per heavy atom. The van der Waals surface area contributed by atoms with Crippen molar-refractivity contribution in [2.45, 2.75) is 26.0 Å². The lowest BCUT2D eigenvalue weighted by molar-refractivity contribution is -0.0900. The number of aromatic nitrogens is 2. The van der Waals surface area contributed by atoms with Gasteiger partial charge in [0, 0.05) is 18.7 Å². The molecule has 0 N–H and O–H groups in total. The number of hydrogen-bond acceptors (Lipinski definition) is 5. The largest absolute Gasteiger partial charge is 0.373 e. The summed E-state index contributed by atoms with van der Waals surface area (Å²) in [7, 11) is 0. The van der Waals surface area contributed by atoms with Crippen molar-refractivity contribution in [3.63, 3.8) is 0 Å². The highest BCUT2D eigenvalue weighted by atomic mass is 16.5. The first-order valence-electron chi connectivity index (χ1n) is 6.87. The quantitative estimate of drug-likeness (QED) is 0.859. The number of ether oxygens (including phenoxy) is 1. The van der Waals surface area contributed by atoms with Crippen molar-refractivity contribution in [2.75, 3.05) is 19.7 Å². The van der Waals surface area contributed by atoms with Crippen LogP contribution in [0.4, 0.5) is 0 Å². The van der Waals surface area contributed by atoms with Gasteiger partial charge in [0.2, 0.25) is 11.7 Å². The van der Waals surface area contributed by atoms with Crippen molar-refractivity contribution >= 4 is 0 Å². The molecule has 1 aromatic heterocycles. The SMILES string of the molecule is CC1(C)CN(Cc2nc(-c3ccccc3)no2)CCO1. The van der Waals surface area contributed by atoms with Crippen LogP contribution in [0.1, 0.15) is 19.7 Å². The standard InChI is InChI=1S/C15H19N3O2/c1-15(2)11-18(8-9-19-15)10-13-16-14(17-20-13)12-6-4-3-5-7-12/h3-7H,8-11H2,1-2H3. The number of nitrogens with zero attached hydrogens (tertiary/aromatic N) is 3. The summed E-state index contributed by atoms with van der Waals surface area (Å²) >= 11 is 0. The molecule has 20 heavy (non-hydrogen) atoms. The Balaban J connectivity index is 1.69. The van der Waals surface area contributed by atoms with Gasteiger partial charge >= 0.3 is 0 Å². The molecule has 3 rings (SSSR count). The second-order valence-corrected chi connectivity index (χ2v) is 5.70. The Morgan fingerprint density at radius 1 is 1.25 bits per heavy atom. The molecule has 1 fully saturated rings. The lowest BCUT2D eigenvalue weighted by atomic mass is 10.1. The Labute approximate surface area is 118 Å². The third-order valence-electron chi connectivity index (χ3n) is 3.36. The van der Waals surface area contributed by atoms with Gasteiger partial charge in [0.25, 0.3) is 0 Å². The molecule has 0 unspecified atom stereocenters. The fourth-order valence-electron chi connectivity index (χ4n) is 2.46. The predicted octanol–water partition coefficient (Wildman–Crippen LogP) is 2.35. The van der Waals surface area contributed by atoms with Gasteiger partial charge in [0.05, 0.1) is 18.8 Å². The first kappa shape index (κ1) is 13.3. The van der Waals surface area contributed by atoms with Crippen LogP contribution < -0.4 is 0 Å². The summed E-state index contributed by atoms with van der Waals surface area (Å²) < 4.78 is 11.0. The highest BCUT2D eigenvalue weighted by Gasteiger charge is 2.28. The maximum absolute atomic E-state index is 5.70. The van der Waals surface area contributed by atoms with Gasteiger partial charge < -0.3 is 9.26 Å². The smallest absolute Gasteiger partial charge is 0.241 e. The molecular formula is C15H19N3O2. The molecule has 0 aliphatic carbocycles. The van der Waals surface area contributed by atoms with Gasteiger partial charge in [-0.05, 0) is 13.8 Å². The fourth-order valence-corrected chi connectivity index (χ4v) is 2.46. The third-order valence-corrected chi connectivity index (χ3v) is 3.36. The van der Waals surface area contributed by atoms with Crippen molar-refractivity contribution in [3.05, 3.63) is 36.2 Å². The van der Waals surface area contributed by atoms with E-state index in [-0.39, 0.29) is 5.60 Å². The highest BCUT2D eigenvalue weighted by molar-refractivity contribution is 5.53. The molecule has 0 radical (unpaired) electrons. The molecule has 0 spiro atoms. The Morgan fingerprint density at radius 2 is 2.05 bits per heavy atom. The molecule has 2 heterocycles. The molecule has 1 aliphatic rings. The van der Waals surface area contributed by atoms with Crippen LogP contribution in [0.2, 0.25) is 0 Å². The van der Waals surface area contributed by atoms with Crippen LogP contribution in [0.5, 0.6) is 0 Å². The zero-order chi connectivity index (χ0) is 14.0. The first-order valence-corrected chi connectivity index (χ1v) is 6.87. The molecule has 5 heteroatoms. The minimum atomic E-state index is -0.111. The summed E-state index contributed by atoms with van der Waals surface area (Å²) in [6, 6.07) is 9.87. The normalized spacial score (nSPS) is 19.1. The average molecular weight is 273 g/mol. The summed E-state index contributed by atoms with van der Waals surface area (Å²) in [5.74, 6) is 1.30. The summed E-state index contributed by atoms with van der Waals surface area (Å²) in [6.07, 6.45) is 0. The lowest BCUT2D eigenvalue weighted by Crippen LogP contribution is -2.47. The van der Waals surface area contributed by atoms with E-state index in [1.54, 1.807) is 0 Å². The van der Waals surface area contributed by atoms with Gasteiger partial charge in [-0.25, -0.2) is 0 Å². The van der Waals surface area contributed by atoms with E-state index >= 15 is 0 Å². The van der Waals surface area contributed by atoms with Crippen LogP contribution in [0.25, 0.3) is 11.4 Å². The van der Waals surface area contributed by atoms with Crippen LogP contribution in [0, 0.1) is 0 Å². The Hall–Kier alpha value is -1.72. The zero-order valence-corrected chi connectivity index (χ0v) is 11.9. The lowest BCUT2D eigenvalue weighted by Gasteiger charge is -2.37. The van der Waals surface area contributed by atoms with Crippen LogP contribution in [-0.2, 0) is 11.3 Å². The topological polar surface area (TPSA) is 51.4 Å². The van der Waals surface area contributed by atoms with E-state index in [1.165, 1.54) is 0 Å². The second kappa shape index (κ2) is 5.34. The van der Waals surface area contributed by atoms with Crippen LogP contribution >= 0.6 is 0 Å². The van der Waals surface area contributed by atoms with Crippen molar-refractivity contribution in [2.24, 2.45) is 0 Å². The molecule has 0 amide bonds. The maximum Gasteiger partial charge on any atom is 0.241 e. The minimum Gasteiger partial charge on any atom is -0.373 e. The number of morpholine rings is 1. The average Bonchev–Trinajstić information content (AvgIpc) is 2.87. The van der Waals surface area contributed by atoms with Crippen molar-refractivity contribution in [1.29, 1.82) is 0 Å². The molecular weight excluding hydrogens is 254 g/mol. The van der Waals surface area contributed by atoms with Crippen LogP contribution in [0.3, 0.4) is 0 Å². The molecule has 0 atom stereocenters. The molecule has 106 valence electrons. The monoisotopic (exact) mass is 273 g/mol. The first-order chi connectivity index (χ1) is 9.62. The van der Waals surface area contributed by atoms with E-state index in [0.29, 0.717) is 18.3 Å². The number of rotatable bonds is 3. The second-order valence-electron chi connectivity index (χ2n) is 5.70. The van der Waals surface area contributed by atoms with Gasteiger partial charge in [0.15, 0.2) is 0 Å². The van der Waals surface area contributed by atoms with Gasteiger partial charge in [-0.15, -0.1) is 0 Å². The minimum absolute atomic E-state index is 0.111. The van der Waals surface area contributed by atoms with Crippen molar-refractivity contribution in [3.8, 4) is 11.4 Å². The van der Waals surface area contributed by atoms with Crippen LogP contribution in [0.15, 0.2) is 34.9 Å². The van der Waals surface area contributed by atoms with E-state index in [0.717, 1.165) is 25.3 Å². The van der Waals surface area contributed by atoms with E-state index in [1.807, 2.05) is 30.3 Å². The Bertz CT molecular complexity index is 566. The molecule has 1 aromatic carbocycles. The summed E-state index contributed by atoms with van der Waals surface area (Å²) in [5.41, 5.74) is 0.866. The number of hydrogen-bond donors (Lipinski definition) is 0. The van der Waals surface area contributed by atoms with E-state index in [9.17, 15) is 0 Å². The van der Waals surface area contributed by atoms with Gasteiger partial charge in [0.1, 0.15) is 0 Å². The number of benzene rings is 1. The zero-order valence-electron chi connectivity index (χ0n) is 11.9. The van der Waals surface area contributed by atoms with E-state index < -0.39 is 0 Å². The maximum atomic E-state index is 5.70. The van der Waals surface area contributed by atoms with Gasteiger partial charge in [-0.3, -0.25) is 4.90 Å². The van der Waals surface area contributed by atoms with Crippen molar-refractivity contribution in [1.82, 2.24) is 15.0 Å². The molecule has 1 saturated heterocycles. The molecule has 0 bridgehead atoms. The third kappa shape index (κ3) is 3.05. The summed E-state index contributed by atoms with van der Waals surface area (Å²) in [4.78, 5) is 6.75.